The average molecular weight is 354 g/mol. The third kappa shape index (κ3) is 5.30. The van der Waals surface area contributed by atoms with Crippen molar-refractivity contribution in [3.63, 3.8) is 0 Å². The topological polar surface area (TPSA) is 106 Å². The number of sulfone groups is 1. The number of hydrogen-bond acceptors (Lipinski definition) is 5. The van der Waals surface area contributed by atoms with Crippen molar-refractivity contribution < 1.29 is 21.2 Å². The lowest BCUT2D eigenvalue weighted by Crippen LogP contribution is -2.29. The van der Waals surface area contributed by atoms with E-state index < -0.39 is 25.7 Å². The van der Waals surface area contributed by atoms with Crippen LogP contribution in [-0.4, -0.2) is 40.4 Å². The zero-order valence-corrected chi connectivity index (χ0v) is 13.6. The fourth-order valence-electron chi connectivity index (χ4n) is 1.59. The molecule has 1 aromatic rings. The molecule has 0 spiro atoms. The van der Waals surface area contributed by atoms with Gasteiger partial charge in [-0.25, -0.2) is 25.9 Å². The maximum atomic E-state index is 13.6. The van der Waals surface area contributed by atoms with Gasteiger partial charge in [0.25, 0.3) is 0 Å². The van der Waals surface area contributed by atoms with Crippen LogP contribution in [0, 0.1) is 5.82 Å². The Balaban J connectivity index is 2.94. The van der Waals surface area contributed by atoms with Crippen LogP contribution in [0.4, 0.5) is 4.39 Å². The summed E-state index contributed by atoms with van der Waals surface area (Å²) in [6.07, 6.45) is 1.16. The first-order chi connectivity index (χ1) is 9.54. The van der Waals surface area contributed by atoms with E-state index >= 15 is 0 Å². The Kier molecular flexibility index (Phi) is 5.79. The molecule has 0 saturated carbocycles. The highest BCUT2D eigenvalue weighted by Crippen LogP contribution is 2.18. The lowest BCUT2D eigenvalue weighted by atomic mass is 10.2. The van der Waals surface area contributed by atoms with Gasteiger partial charge in [-0.05, 0) is 18.6 Å². The van der Waals surface area contributed by atoms with E-state index in [1.54, 1.807) is 0 Å². The largest absolute Gasteiger partial charge is 0.389 e. The van der Waals surface area contributed by atoms with Crippen LogP contribution in [0.2, 0.25) is 0 Å². The second-order valence-corrected chi connectivity index (χ2v) is 8.79. The van der Waals surface area contributed by atoms with E-state index in [0.29, 0.717) is 0 Å². The van der Waals surface area contributed by atoms with Gasteiger partial charge in [0, 0.05) is 12.8 Å². The van der Waals surface area contributed by atoms with Crippen molar-refractivity contribution in [1.82, 2.24) is 4.72 Å². The van der Waals surface area contributed by atoms with Crippen LogP contribution < -0.4 is 10.5 Å². The normalized spacial score (nSPS) is 12.3. The van der Waals surface area contributed by atoms with Gasteiger partial charge in [0.05, 0.1) is 16.2 Å². The summed E-state index contributed by atoms with van der Waals surface area (Å²) in [5, 5.41) is 0. The second-order valence-electron chi connectivity index (χ2n) is 4.36. The highest BCUT2D eigenvalue weighted by atomic mass is 32.2. The average Bonchev–Trinajstić information content (AvgIpc) is 2.33. The third-order valence-electron chi connectivity index (χ3n) is 2.50. The van der Waals surface area contributed by atoms with Gasteiger partial charge in [-0.3, -0.25) is 0 Å². The molecule has 0 atom stereocenters. The van der Waals surface area contributed by atoms with E-state index in [1.807, 2.05) is 0 Å². The molecular weight excluding hydrogens is 339 g/mol. The van der Waals surface area contributed by atoms with Crippen LogP contribution in [0.25, 0.3) is 0 Å². The number of benzene rings is 1. The van der Waals surface area contributed by atoms with Crippen LogP contribution in [0.5, 0.6) is 0 Å². The molecule has 0 amide bonds. The Bertz CT molecular complexity index is 745. The van der Waals surface area contributed by atoms with Gasteiger partial charge >= 0.3 is 0 Å². The predicted molar refractivity (Wildman–Crippen MR) is 81.8 cm³/mol. The summed E-state index contributed by atoms with van der Waals surface area (Å²) < 4.78 is 61.9. The van der Waals surface area contributed by atoms with Crippen LogP contribution in [0.15, 0.2) is 23.1 Å². The number of nitrogens with one attached hydrogen (secondary N) is 1. The minimum Gasteiger partial charge on any atom is -0.389 e. The molecule has 1 aromatic carbocycles. The molecule has 0 saturated heterocycles. The quantitative estimate of drug-likeness (QED) is 0.534. The summed E-state index contributed by atoms with van der Waals surface area (Å²) in [6, 6.07) is 3.45. The molecule has 0 unspecified atom stereocenters. The monoisotopic (exact) mass is 354 g/mol. The molecule has 0 aromatic heterocycles. The molecule has 0 bridgehead atoms. The Hall–Kier alpha value is -1.10. The first-order valence-electron chi connectivity index (χ1n) is 5.80. The molecule has 1 rings (SSSR count). The number of rotatable bonds is 7. The fourth-order valence-corrected chi connectivity index (χ4v) is 3.83. The van der Waals surface area contributed by atoms with E-state index in [1.165, 1.54) is 12.1 Å². The molecule has 6 nitrogen and oxygen atoms in total. The standard InChI is InChI=1S/C11H15FN2O4S3/c1-20(15,16)7-3-6-14-21(17,18)9-5-2-4-8(12)10(9)11(13)19/h2,4-5,14H,3,6-7H2,1H3,(H2,13,19). The first-order valence-corrected chi connectivity index (χ1v) is 9.75. The van der Waals surface area contributed by atoms with E-state index in [0.717, 1.165) is 12.3 Å². The van der Waals surface area contributed by atoms with Crippen molar-refractivity contribution in [3.8, 4) is 0 Å². The van der Waals surface area contributed by atoms with E-state index in [2.05, 4.69) is 16.9 Å². The molecule has 0 aliphatic rings. The highest BCUT2D eigenvalue weighted by molar-refractivity contribution is 7.90. The molecule has 10 heteroatoms. The third-order valence-corrected chi connectivity index (χ3v) is 5.23. The lowest BCUT2D eigenvalue weighted by Gasteiger charge is -2.11. The Morgan fingerprint density at radius 1 is 1.33 bits per heavy atom. The summed E-state index contributed by atoms with van der Waals surface area (Å²) >= 11 is 4.66. The van der Waals surface area contributed by atoms with E-state index in [9.17, 15) is 21.2 Å². The first kappa shape index (κ1) is 18.0. The summed E-state index contributed by atoms with van der Waals surface area (Å²) in [4.78, 5) is -0.737. The van der Waals surface area contributed by atoms with E-state index in [-0.39, 0.29) is 34.2 Å². The molecule has 0 radical (unpaired) electrons. The van der Waals surface area contributed by atoms with Gasteiger partial charge in [0.1, 0.15) is 20.6 Å². The van der Waals surface area contributed by atoms with Gasteiger partial charge < -0.3 is 5.73 Å². The van der Waals surface area contributed by atoms with Crippen LogP contribution in [-0.2, 0) is 19.9 Å². The second kappa shape index (κ2) is 6.77. The van der Waals surface area contributed by atoms with Gasteiger partial charge in [0.2, 0.25) is 10.0 Å². The molecule has 21 heavy (non-hydrogen) atoms. The molecule has 118 valence electrons. The summed E-state index contributed by atoms with van der Waals surface area (Å²) in [6.45, 7) is -0.0946. The Morgan fingerprint density at radius 3 is 2.48 bits per heavy atom. The summed E-state index contributed by atoms with van der Waals surface area (Å²) in [5.74, 6) is -0.984. The number of thiocarbonyl (C=S) groups is 1. The number of hydrogen-bond donors (Lipinski definition) is 2. The molecule has 0 heterocycles. The lowest BCUT2D eigenvalue weighted by molar-refractivity contribution is 0.574. The molecule has 0 aliphatic carbocycles. The Morgan fingerprint density at radius 2 is 1.95 bits per heavy atom. The molecular formula is C11H15FN2O4S3. The highest BCUT2D eigenvalue weighted by Gasteiger charge is 2.22. The number of sulfonamides is 1. The number of nitrogens with two attached hydrogens (primary N) is 1. The fraction of sp³-hybridized carbons (Fsp3) is 0.364. The maximum Gasteiger partial charge on any atom is 0.241 e. The van der Waals surface area contributed by atoms with Gasteiger partial charge in [-0.15, -0.1) is 0 Å². The van der Waals surface area contributed by atoms with E-state index in [4.69, 9.17) is 5.73 Å². The smallest absolute Gasteiger partial charge is 0.241 e. The SMILES string of the molecule is CS(=O)(=O)CCCNS(=O)(=O)c1cccc(F)c1C(N)=S. The van der Waals surface area contributed by atoms with Gasteiger partial charge in [-0.2, -0.15) is 0 Å². The van der Waals surface area contributed by atoms with Crippen molar-refractivity contribution >= 4 is 37.1 Å². The molecule has 3 N–H and O–H groups in total. The zero-order valence-electron chi connectivity index (χ0n) is 11.2. The van der Waals surface area contributed by atoms with Crippen molar-refractivity contribution in [3.05, 3.63) is 29.6 Å². The van der Waals surface area contributed by atoms with Crippen LogP contribution in [0.1, 0.15) is 12.0 Å². The van der Waals surface area contributed by atoms with Crippen LogP contribution >= 0.6 is 12.2 Å². The van der Waals surface area contributed by atoms with Crippen molar-refractivity contribution in [2.45, 2.75) is 11.3 Å². The Labute approximate surface area is 128 Å². The van der Waals surface area contributed by atoms with Gasteiger partial charge in [0.15, 0.2) is 0 Å². The minimum absolute atomic E-state index is 0.0946. The summed E-state index contributed by atoms with van der Waals surface area (Å²) in [7, 11) is -7.20. The maximum absolute atomic E-state index is 13.6. The number of halogens is 1. The predicted octanol–water partition coefficient (Wildman–Crippen LogP) is 0.173. The molecule has 0 fully saturated rings. The molecule has 0 aliphatic heterocycles. The van der Waals surface area contributed by atoms with Crippen LogP contribution in [0.3, 0.4) is 0 Å². The zero-order chi connectivity index (χ0) is 16.3. The van der Waals surface area contributed by atoms with Crippen molar-refractivity contribution in [1.29, 1.82) is 0 Å². The summed E-state index contributed by atoms with van der Waals surface area (Å²) in [5.41, 5.74) is 4.99. The van der Waals surface area contributed by atoms with Crippen molar-refractivity contribution in [2.75, 3.05) is 18.6 Å². The van der Waals surface area contributed by atoms with Gasteiger partial charge in [-0.1, -0.05) is 18.3 Å². The van der Waals surface area contributed by atoms with Crippen molar-refractivity contribution in [2.24, 2.45) is 5.73 Å². The minimum atomic E-state index is -4.03.